The van der Waals surface area contributed by atoms with Crippen LogP contribution in [0.25, 0.3) is 0 Å². The van der Waals surface area contributed by atoms with E-state index in [4.69, 9.17) is 21.1 Å². The van der Waals surface area contributed by atoms with Gasteiger partial charge in [0.1, 0.15) is 0 Å². The van der Waals surface area contributed by atoms with Crippen molar-refractivity contribution < 1.29 is 9.47 Å². The molecule has 0 radical (unpaired) electrons. The van der Waals surface area contributed by atoms with Gasteiger partial charge in [-0.15, -0.1) is 0 Å². The lowest BCUT2D eigenvalue weighted by molar-refractivity contribution is 0.0487. The van der Waals surface area contributed by atoms with Gasteiger partial charge < -0.3 is 9.47 Å². The number of ether oxygens (including phenoxy) is 2. The molecule has 16 heavy (non-hydrogen) atoms. The summed E-state index contributed by atoms with van der Waals surface area (Å²) in [6.45, 7) is 0. The molecule has 0 spiro atoms. The average molecular weight is 233 g/mol. The van der Waals surface area contributed by atoms with Gasteiger partial charge in [0.05, 0.1) is 0 Å². The van der Waals surface area contributed by atoms with Crippen molar-refractivity contribution in [2.45, 2.75) is 6.29 Å². The second kappa shape index (κ2) is 3.72. The molecule has 3 heteroatoms. The maximum atomic E-state index is 5.83. The Balaban J connectivity index is 1.88. The molecule has 0 saturated heterocycles. The fourth-order valence-corrected chi connectivity index (χ4v) is 1.78. The molecule has 0 bridgehead atoms. The molecule has 0 N–H and O–H groups in total. The van der Waals surface area contributed by atoms with Crippen LogP contribution in [0.15, 0.2) is 48.5 Å². The normalized spacial score (nSPS) is 14.1. The van der Waals surface area contributed by atoms with Crippen LogP contribution in [0.4, 0.5) is 0 Å². The quantitative estimate of drug-likeness (QED) is 0.744. The molecule has 0 amide bonds. The molecule has 2 nitrogen and oxygen atoms in total. The minimum Gasteiger partial charge on any atom is -0.447 e. The van der Waals surface area contributed by atoms with E-state index in [0.29, 0.717) is 5.02 Å². The van der Waals surface area contributed by atoms with E-state index in [1.165, 1.54) is 0 Å². The number of para-hydroxylation sites is 2. The summed E-state index contributed by atoms with van der Waals surface area (Å²) in [5, 5.41) is 0.708. The SMILES string of the molecule is Clc1ccc(C2Oc3ccccc3O2)cc1. The first-order valence-corrected chi connectivity index (χ1v) is 5.38. The van der Waals surface area contributed by atoms with Gasteiger partial charge in [-0.25, -0.2) is 0 Å². The highest BCUT2D eigenvalue weighted by atomic mass is 35.5. The first-order chi connectivity index (χ1) is 7.83. The van der Waals surface area contributed by atoms with Crippen molar-refractivity contribution in [3.05, 3.63) is 59.1 Å². The van der Waals surface area contributed by atoms with Gasteiger partial charge >= 0.3 is 0 Å². The fourth-order valence-electron chi connectivity index (χ4n) is 1.66. The van der Waals surface area contributed by atoms with Crippen molar-refractivity contribution in [3.8, 4) is 11.5 Å². The van der Waals surface area contributed by atoms with Crippen LogP contribution in [-0.2, 0) is 0 Å². The van der Waals surface area contributed by atoms with E-state index < -0.39 is 0 Å². The van der Waals surface area contributed by atoms with Crippen molar-refractivity contribution in [3.63, 3.8) is 0 Å². The molecule has 2 aromatic rings. The van der Waals surface area contributed by atoms with E-state index in [9.17, 15) is 0 Å². The van der Waals surface area contributed by atoms with Crippen LogP contribution in [0.1, 0.15) is 11.9 Å². The number of hydrogen-bond acceptors (Lipinski definition) is 2. The highest BCUT2D eigenvalue weighted by molar-refractivity contribution is 6.30. The first-order valence-electron chi connectivity index (χ1n) is 5.01. The van der Waals surface area contributed by atoms with Crippen molar-refractivity contribution >= 4 is 11.6 Å². The summed E-state index contributed by atoms with van der Waals surface area (Å²) < 4.78 is 11.3. The molecular weight excluding hydrogens is 224 g/mol. The molecule has 1 aliphatic rings. The van der Waals surface area contributed by atoms with Gasteiger partial charge in [0.2, 0.25) is 0 Å². The van der Waals surface area contributed by atoms with E-state index in [-0.39, 0.29) is 6.29 Å². The number of hydrogen-bond donors (Lipinski definition) is 0. The summed E-state index contributed by atoms with van der Waals surface area (Å²) in [4.78, 5) is 0. The third-order valence-corrected chi connectivity index (χ3v) is 2.71. The summed E-state index contributed by atoms with van der Waals surface area (Å²) in [6, 6.07) is 15.1. The zero-order valence-electron chi connectivity index (χ0n) is 8.39. The molecule has 1 heterocycles. The summed E-state index contributed by atoms with van der Waals surface area (Å²) in [7, 11) is 0. The van der Waals surface area contributed by atoms with Gasteiger partial charge in [-0.3, -0.25) is 0 Å². The zero-order chi connectivity index (χ0) is 11.0. The van der Waals surface area contributed by atoms with Crippen LogP contribution >= 0.6 is 11.6 Å². The van der Waals surface area contributed by atoms with E-state index in [1.54, 1.807) is 0 Å². The first kappa shape index (κ1) is 9.55. The minimum absolute atomic E-state index is 0.366. The molecular formula is C13H9ClO2. The molecule has 0 aromatic heterocycles. The maximum absolute atomic E-state index is 5.83. The monoisotopic (exact) mass is 232 g/mol. The lowest BCUT2D eigenvalue weighted by Gasteiger charge is -2.10. The molecule has 2 aromatic carbocycles. The third kappa shape index (κ3) is 1.61. The Morgan fingerprint density at radius 2 is 1.38 bits per heavy atom. The second-order valence-electron chi connectivity index (χ2n) is 3.57. The molecule has 0 unspecified atom stereocenters. The van der Waals surface area contributed by atoms with Crippen molar-refractivity contribution in [1.29, 1.82) is 0 Å². The fraction of sp³-hybridized carbons (Fsp3) is 0.0769. The summed E-state index contributed by atoms with van der Waals surface area (Å²) in [5.74, 6) is 1.56. The second-order valence-corrected chi connectivity index (χ2v) is 4.00. The van der Waals surface area contributed by atoms with E-state index >= 15 is 0 Å². The van der Waals surface area contributed by atoms with Crippen molar-refractivity contribution in [1.82, 2.24) is 0 Å². The number of fused-ring (bicyclic) bond motifs is 1. The molecule has 0 fully saturated rings. The van der Waals surface area contributed by atoms with E-state index in [2.05, 4.69) is 0 Å². The van der Waals surface area contributed by atoms with Crippen LogP contribution in [0.2, 0.25) is 5.02 Å². The average Bonchev–Trinajstić information content (AvgIpc) is 2.73. The Hall–Kier alpha value is -1.67. The molecule has 0 saturated carbocycles. The Morgan fingerprint density at radius 3 is 1.94 bits per heavy atom. The predicted molar refractivity (Wildman–Crippen MR) is 61.9 cm³/mol. The zero-order valence-corrected chi connectivity index (χ0v) is 9.15. The molecule has 80 valence electrons. The largest absolute Gasteiger partial charge is 0.447 e. The van der Waals surface area contributed by atoms with Gasteiger partial charge in [-0.1, -0.05) is 35.9 Å². The predicted octanol–water partition coefficient (Wildman–Crippen LogP) is 3.81. The Labute approximate surface area is 98.4 Å². The topological polar surface area (TPSA) is 18.5 Å². The highest BCUT2D eigenvalue weighted by Gasteiger charge is 2.24. The number of halogens is 1. The Morgan fingerprint density at radius 1 is 0.812 bits per heavy atom. The van der Waals surface area contributed by atoms with Crippen molar-refractivity contribution in [2.24, 2.45) is 0 Å². The number of rotatable bonds is 1. The van der Waals surface area contributed by atoms with Crippen LogP contribution in [0, 0.1) is 0 Å². The lowest BCUT2D eigenvalue weighted by Crippen LogP contribution is -2.07. The van der Waals surface area contributed by atoms with Gasteiger partial charge in [0.15, 0.2) is 11.5 Å². The number of benzene rings is 2. The molecule has 1 aliphatic heterocycles. The molecule has 3 rings (SSSR count). The van der Waals surface area contributed by atoms with Crippen LogP contribution in [0.5, 0.6) is 11.5 Å². The van der Waals surface area contributed by atoms with Gasteiger partial charge in [0.25, 0.3) is 6.29 Å². The van der Waals surface area contributed by atoms with E-state index in [0.717, 1.165) is 17.1 Å². The van der Waals surface area contributed by atoms with Gasteiger partial charge in [-0.2, -0.15) is 0 Å². The van der Waals surface area contributed by atoms with Gasteiger partial charge in [0, 0.05) is 10.6 Å². The summed E-state index contributed by atoms with van der Waals surface area (Å²) in [5.41, 5.74) is 0.959. The van der Waals surface area contributed by atoms with Crippen LogP contribution in [0.3, 0.4) is 0 Å². The minimum atomic E-state index is -0.366. The van der Waals surface area contributed by atoms with E-state index in [1.807, 2.05) is 48.5 Å². The molecule has 0 atom stereocenters. The van der Waals surface area contributed by atoms with Crippen LogP contribution in [-0.4, -0.2) is 0 Å². The Kier molecular flexibility index (Phi) is 2.22. The standard InChI is InChI=1S/C13H9ClO2/c14-10-7-5-9(6-8-10)13-15-11-3-1-2-4-12(11)16-13/h1-8,13H. The summed E-state index contributed by atoms with van der Waals surface area (Å²) >= 11 is 5.83. The smallest absolute Gasteiger partial charge is 0.267 e. The maximum Gasteiger partial charge on any atom is 0.267 e. The van der Waals surface area contributed by atoms with Crippen molar-refractivity contribution in [2.75, 3.05) is 0 Å². The molecule has 0 aliphatic carbocycles. The van der Waals surface area contributed by atoms with Gasteiger partial charge in [-0.05, 0) is 24.3 Å². The third-order valence-electron chi connectivity index (χ3n) is 2.46. The highest BCUT2D eigenvalue weighted by Crippen LogP contribution is 2.39. The lowest BCUT2D eigenvalue weighted by atomic mass is 10.2. The summed E-state index contributed by atoms with van der Waals surface area (Å²) in [6.07, 6.45) is -0.366. The van der Waals surface area contributed by atoms with Crippen LogP contribution < -0.4 is 9.47 Å². The Bertz CT molecular complexity index is 483.